The summed E-state index contributed by atoms with van der Waals surface area (Å²) in [5, 5.41) is 0.936. The summed E-state index contributed by atoms with van der Waals surface area (Å²) in [6, 6.07) is 0. The van der Waals surface area contributed by atoms with E-state index >= 15 is 0 Å². The van der Waals surface area contributed by atoms with Crippen molar-refractivity contribution in [1.29, 1.82) is 0 Å². The van der Waals surface area contributed by atoms with E-state index in [0.717, 1.165) is 0 Å². The second-order valence-corrected chi connectivity index (χ2v) is 4.02. The number of hydrogen-bond acceptors (Lipinski definition) is 2. The number of halogens is 4. The summed E-state index contributed by atoms with van der Waals surface area (Å²) < 4.78 is 0. The number of benzene rings is 1. The fraction of sp³-hybridized carbons (Fsp3) is 0. The van der Waals surface area contributed by atoms with Crippen molar-refractivity contribution < 1.29 is 0 Å². The van der Waals surface area contributed by atoms with E-state index in [1.807, 2.05) is 0 Å². The average molecular weight is 268 g/mol. The predicted octanol–water partition coefficient (Wildman–Crippen LogP) is 4.24. The van der Waals surface area contributed by atoms with Crippen LogP contribution in [0.5, 0.6) is 0 Å². The van der Waals surface area contributed by atoms with E-state index in [1.165, 1.54) is 12.4 Å². The van der Waals surface area contributed by atoms with Crippen molar-refractivity contribution in [1.82, 2.24) is 9.97 Å². The highest BCUT2D eigenvalue weighted by Crippen LogP contribution is 2.40. The summed E-state index contributed by atoms with van der Waals surface area (Å²) in [4.78, 5) is 8.04. The van der Waals surface area contributed by atoms with Crippen LogP contribution in [0.1, 0.15) is 0 Å². The van der Waals surface area contributed by atoms with Gasteiger partial charge >= 0.3 is 0 Å². The highest BCUT2D eigenvalue weighted by atomic mass is 35.5. The summed E-state index contributed by atoms with van der Waals surface area (Å²) in [6.45, 7) is 0. The van der Waals surface area contributed by atoms with E-state index in [9.17, 15) is 0 Å². The number of nitrogens with zero attached hydrogens (tertiary/aromatic N) is 2. The van der Waals surface area contributed by atoms with Crippen LogP contribution in [-0.2, 0) is 0 Å². The highest BCUT2D eigenvalue weighted by Gasteiger charge is 2.15. The predicted molar refractivity (Wildman–Crippen MR) is 59.6 cm³/mol. The van der Waals surface area contributed by atoms with Crippen molar-refractivity contribution >= 4 is 57.4 Å². The molecule has 2 rings (SSSR count). The van der Waals surface area contributed by atoms with Gasteiger partial charge in [0.2, 0.25) is 0 Å². The van der Waals surface area contributed by atoms with Crippen LogP contribution in [-0.4, -0.2) is 9.97 Å². The Kier molecular flexibility index (Phi) is 2.71. The zero-order valence-electron chi connectivity index (χ0n) is 6.56. The van der Waals surface area contributed by atoms with E-state index in [2.05, 4.69) is 9.97 Å². The second-order valence-electron chi connectivity index (χ2n) is 2.51. The molecule has 0 saturated heterocycles. The summed E-state index contributed by atoms with van der Waals surface area (Å²) in [5.41, 5.74) is 0.905. The molecule has 0 spiro atoms. The Morgan fingerprint density at radius 3 is 1.36 bits per heavy atom. The minimum absolute atomic E-state index is 0.200. The third kappa shape index (κ3) is 1.43. The van der Waals surface area contributed by atoms with Gasteiger partial charge in [-0.25, -0.2) is 0 Å². The molecule has 6 heteroatoms. The van der Waals surface area contributed by atoms with Crippen molar-refractivity contribution in [3.63, 3.8) is 0 Å². The van der Waals surface area contributed by atoms with E-state index in [0.29, 0.717) is 11.0 Å². The number of fused-ring (bicyclic) bond motifs is 1. The van der Waals surface area contributed by atoms with Gasteiger partial charge in [-0.2, -0.15) is 0 Å². The monoisotopic (exact) mass is 266 g/mol. The van der Waals surface area contributed by atoms with E-state index in [-0.39, 0.29) is 20.1 Å². The molecule has 1 aromatic heterocycles. The quantitative estimate of drug-likeness (QED) is 0.527. The topological polar surface area (TPSA) is 25.8 Å². The van der Waals surface area contributed by atoms with Gasteiger partial charge in [0.05, 0.1) is 20.1 Å². The normalized spacial score (nSPS) is 10.9. The molecule has 2 aromatic rings. The first-order chi connectivity index (χ1) is 6.63. The molecule has 0 N–H and O–H groups in total. The molecule has 0 unspecified atom stereocenters. The molecule has 2 nitrogen and oxygen atoms in total. The Bertz CT molecular complexity index is 466. The van der Waals surface area contributed by atoms with Crippen LogP contribution < -0.4 is 0 Å². The van der Waals surface area contributed by atoms with Crippen LogP contribution in [0, 0.1) is 0 Å². The molecule has 0 aliphatic carbocycles. The van der Waals surface area contributed by atoms with Gasteiger partial charge in [-0.3, -0.25) is 9.97 Å². The van der Waals surface area contributed by atoms with E-state index in [1.54, 1.807) is 0 Å². The molecule has 1 aromatic carbocycles. The molecule has 0 aliphatic heterocycles. The minimum atomic E-state index is 0.200. The molecule has 0 bridgehead atoms. The van der Waals surface area contributed by atoms with E-state index < -0.39 is 0 Å². The summed E-state index contributed by atoms with van der Waals surface area (Å²) in [7, 11) is 0. The van der Waals surface area contributed by atoms with Crippen molar-refractivity contribution in [2.75, 3.05) is 0 Å². The first kappa shape index (κ1) is 10.2. The fourth-order valence-corrected chi connectivity index (χ4v) is 1.99. The lowest BCUT2D eigenvalue weighted by molar-refractivity contribution is 1.29. The van der Waals surface area contributed by atoms with Crippen molar-refractivity contribution in [3.8, 4) is 0 Å². The zero-order chi connectivity index (χ0) is 10.3. The van der Waals surface area contributed by atoms with Gasteiger partial charge in [0.15, 0.2) is 0 Å². The Morgan fingerprint density at radius 1 is 0.643 bits per heavy atom. The fourth-order valence-electron chi connectivity index (χ4n) is 1.06. The Morgan fingerprint density at radius 2 is 1.00 bits per heavy atom. The molecule has 1 heterocycles. The molecule has 14 heavy (non-hydrogen) atoms. The standard InChI is InChI=1S/C8H2Cl4N2/c9-3-4(10)6(12)8-7(5(3)11)13-1-2-14-8/h1-2H. The van der Waals surface area contributed by atoms with Crippen LogP contribution >= 0.6 is 46.4 Å². The lowest BCUT2D eigenvalue weighted by Crippen LogP contribution is -1.87. The first-order valence-corrected chi connectivity index (χ1v) is 5.06. The van der Waals surface area contributed by atoms with Gasteiger partial charge in [0, 0.05) is 12.4 Å². The average Bonchev–Trinajstić information content (AvgIpc) is 2.23. The third-order valence-electron chi connectivity index (χ3n) is 1.69. The summed E-state index contributed by atoms with van der Waals surface area (Å²) >= 11 is 23.5. The van der Waals surface area contributed by atoms with Gasteiger partial charge in [0.25, 0.3) is 0 Å². The molecule has 0 aliphatic rings. The Balaban J connectivity index is 3.02. The minimum Gasteiger partial charge on any atom is -0.251 e. The molecule has 0 saturated carbocycles. The van der Waals surface area contributed by atoms with Crippen molar-refractivity contribution in [2.24, 2.45) is 0 Å². The summed E-state index contributed by atoms with van der Waals surface area (Å²) in [5.74, 6) is 0. The number of aromatic nitrogens is 2. The van der Waals surface area contributed by atoms with Crippen molar-refractivity contribution in [2.45, 2.75) is 0 Å². The van der Waals surface area contributed by atoms with Crippen LogP contribution in [0.15, 0.2) is 12.4 Å². The van der Waals surface area contributed by atoms with Crippen LogP contribution in [0.4, 0.5) is 0 Å². The maximum absolute atomic E-state index is 5.93. The smallest absolute Gasteiger partial charge is 0.110 e. The molecule has 72 valence electrons. The molecule has 0 amide bonds. The Labute approximate surface area is 99.8 Å². The first-order valence-electron chi connectivity index (χ1n) is 3.55. The molecular formula is C8H2Cl4N2. The van der Waals surface area contributed by atoms with Crippen molar-refractivity contribution in [3.05, 3.63) is 32.5 Å². The van der Waals surface area contributed by atoms with Gasteiger partial charge in [-0.15, -0.1) is 0 Å². The SMILES string of the molecule is Clc1c(Cl)c(Cl)c2nccnc2c1Cl. The largest absolute Gasteiger partial charge is 0.251 e. The van der Waals surface area contributed by atoms with Crippen LogP contribution in [0.2, 0.25) is 20.1 Å². The second kappa shape index (κ2) is 3.70. The van der Waals surface area contributed by atoms with Gasteiger partial charge < -0.3 is 0 Å². The zero-order valence-corrected chi connectivity index (χ0v) is 9.58. The maximum atomic E-state index is 5.93. The van der Waals surface area contributed by atoms with E-state index in [4.69, 9.17) is 46.4 Å². The lowest BCUT2D eigenvalue weighted by atomic mass is 10.3. The number of rotatable bonds is 0. The third-order valence-corrected chi connectivity index (χ3v) is 3.47. The van der Waals surface area contributed by atoms with Crippen LogP contribution in [0.25, 0.3) is 11.0 Å². The molecule has 0 atom stereocenters. The lowest BCUT2D eigenvalue weighted by Gasteiger charge is -2.05. The number of hydrogen-bond donors (Lipinski definition) is 0. The van der Waals surface area contributed by atoms with Gasteiger partial charge in [-0.1, -0.05) is 46.4 Å². The van der Waals surface area contributed by atoms with Gasteiger partial charge in [-0.05, 0) is 0 Å². The molecule has 0 fully saturated rings. The highest BCUT2D eigenvalue weighted by molar-refractivity contribution is 6.54. The van der Waals surface area contributed by atoms with Gasteiger partial charge in [0.1, 0.15) is 11.0 Å². The summed E-state index contributed by atoms with van der Waals surface area (Å²) in [6.07, 6.45) is 3.02. The maximum Gasteiger partial charge on any atom is 0.110 e. The Hall–Kier alpha value is -0.280. The molecular weight excluding hydrogens is 266 g/mol. The molecule has 0 radical (unpaired) electrons. The van der Waals surface area contributed by atoms with Crippen LogP contribution in [0.3, 0.4) is 0 Å².